The molecule has 1 fully saturated rings. The minimum atomic E-state index is -2.06. The molecule has 0 aliphatic carbocycles. The zero-order valence-electron chi connectivity index (χ0n) is 5.80. The van der Waals surface area contributed by atoms with Gasteiger partial charge in [-0.15, -0.1) is 0 Å². The van der Waals surface area contributed by atoms with Gasteiger partial charge in [0.15, 0.2) is 0 Å². The normalized spacial score (nSPS) is 35.1. The second-order valence-corrected chi connectivity index (χ2v) is 2.07. The van der Waals surface area contributed by atoms with Gasteiger partial charge in [-0.1, -0.05) is 13.2 Å². The van der Waals surface area contributed by atoms with Crippen LogP contribution in [0.3, 0.4) is 0 Å². The maximum atomic E-state index is 12.4. The summed E-state index contributed by atoms with van der Waals surface area (Å²) in [4.78, 5) is 0. The second kappa shape index (κ2) is 2.71. The van der Waals surface area contributed by atoms with E-state index in [-0.39, 0.29) is 0 Å². The lowest BCUT2D eigenvalue weighted by Gasteiger charge is -2.16. The molecule has 1 rings (SSSR count). The zero-order chi connectivity index (χ0) is 8.48. The fourth-order valence-electron chi connectivity index (χ4n) is 0.762. The average molecular weight is 162 g/mol. The largest absolute Gasteiger partial charge is 0.304 e. The van der Waals surface area contributed by atoms with Gasteiger partial charge in [-0.25, -0.2) is 8.78 Å². The van der Waals surface area contributed by atoms with Gasteiger partial charge in [-0.2, -0.15) is 0 Å². The minimum Gasteiger partial charge on any atom is -0.304 e. The summed E-state index contributed by atoms with van der Waals surface area (Å²) in [5.41, 5.74) is 0. The minimum absolute atomic E-state index is 1.14. The number of hydrogen-bond donors (Lipinski definition) is 0. The first-order chi connectivity index (χ1) is 5.13. The van der Waals surface area contributed by atoms with Crippen LogP contribution in [0.1, 0.15) is 0 Å². The van der Waals surface area contributed by atoms with Crippen molar-refractivity contribution >= 4 is 0 Å². The summed E-state index contributed by atoms with van der Waals surface area (Å²) < 4.78 is 33.7. The van der Waals surface area contributed by atoms with Gasteiger partial charge in [0, 0.05) is 0 Å². The van der Waals surface area contributed by atoms with Crippen molar-refractivity contribution in [2.24, 2.45) is 0 Å². The molecule has 0 aromatic heterocycles. The first kappa shape index (κ1) is 8.36. The summed E-state index contributed by atoms with van der Waals surface area (Å²) in [5, 5.41) is 0. The molecule has 1 aliphatic heterocycles. The van der Waals surface area contributed by atoms with Crippen molar-refractivity contribution in [1.29, 1.82) is 0 Å². The van der Waals surface area contributed by atoms with Gasteiger partial charge in [0.2, 0.25) is 5.79 Å². The molecule has 1 heterocycles. The molecule has 1 aliphatic rings. The maximum Gasteiger partial charge on any atom is 0.258 e. The topological polar surface area (TPSA) is 18.5 Å². The Hall–Kier alpha value is -0.740. The van der Waals surface area contributed by atoms with Gasteiger partial charge >= 0.3 is 0 Å². The highest BCUT2D eigenvalue weighted by atomic mass is 19.2. The van der Waals surface area contributed by atoms with Crippen LogP contribution in [0, 0.1) is 0 Å². The van der Waals surface area contributed by atoms with Gasteiger partial charge in [0.05, 0.1) is 0 Å². The molecule has 11 heavy (non-hydrogen) atoms. The van der Waals surface area contributed by atoms with E-state index in [4.69, 9.17) is 0 Å². The molecule has 0 saturated carbocycles. The third kappa shape index (κ3) is 1.32. The zero-order valence-corrected chi connectivity index (χ0v) is 5.80. The molecule has 2 atom stereocenters. The molecule has 62 valence electrons. The van der Waals surface area contributed by atoms with Crippen LogP contribution in [0.2, 0.25) is 0 Å². The third-order valence-electron chi connectivity index (χ3n) is 1.37. The number of alkyl halides is 2. The lowest BCUT2D eigenvalue weighted by molar-refractivity contribution is -0.120. The molecule has 0 aromatic carbocycles. The van der Waals surface area contributed by atoms with E-state index in [0.717, 1.165) is 12.2 Å². The van der Waals surface area contributed by atoms with E-state index in [2.05, 4.69) is 22.6 Å². The Morgan fingerprint density at radius 1 is 1.09 bits per heavy atom. The lowest BCUT2D eigenvalue weighted by Crippen LogP contribution is -2.24. The Kier molecular flexibility index (Phi) is 2.06. The van der Waals surface area contributed by atoms with Crippen LogP contribution in [0.15, 0.2) is 25.3 Å². The molecule has 1 saturated heterocycles. The summed E-state index contributed by atoms with van der Waals surface area (Å²) in [5.74, 6) is -1.50. The molecule has 0 spiro atoms. The molecule has 4 heteroatoms. The first-order valence-electron chi connectivity index (χ1n) is 3.04. The van der Waals surface area contributed by atoms with Crippen molar-refractivity contribution in [3.05, 3.63) is 25.3 Å². The van der Waals surface area contributed by atoms with Gasteiger partial charge in [0.1, 0.15) is 0 Å². The van der Waals surface area contributed by atoms with Crippen LogP contribution in [-0.4, -0.2) is 18.5 Å². The van der Waals surface area contributed by atoms with Crippen molar-refractivity contribution < 1.29 is 18.3 Å². The lowest BCUT2D eigenvalue weighted by atomic mass is 10.3. The van der Waals surface area contributed by atoms with Crippen LogP contribution >= 0.6 is 0 Å². The first-order valence-corrected chi connectivity index (χ1v) is 3.04. The Balaban J connectivity index is 2.76. The van der Waals surface area contributed by atoms with Crippen LogP contribution in [-0.2, 0) is 9.47 Å². The maximum absolute atomic E-state index is 12.4. The average Bonchev–Trinajstić information content (AvgIpc) is 2.29. The SMILES string of the molecule is C=CC1(C=C)OC(F)C(F)O1. The number of hydrogen-bond acceptors (Lipinski definition) is 2. The van der Waals surface area contributed by atoms with E-state index in [1.54, 1.807) is 0 Å². The van der Waals surface area contributed by atoms with E-state index in [1.165, 1.54) is 0 Å². The number of ether oxygens (including phenoxy) is 2. The van der Waals surface area contributed by atoms with E-state index in [9.17, 15) is 8.78 Å². The number of rotatable bonds is 2. The quantitative estimate of drug-likeness (QED) is 0.575. The Morgan fingerprint density at radius 3 is 1.64 bits per heavy atom. The van der Waals surface area contributed by atoms with Gasteiger partial charge < -0.3 is 9.47 Å². The predicted octanol–water partition coefficient (Wildman–Crippen LogP) is 1.69. The Labute approximate surface area is 63.1 Å². The summed E-state index contributed by atoms with van der Waals surface area (Å²) in [6, 6.07) is 0. The van der Waals surface area contributed by atoms with Crippen LogP contribution < -0.4 is 0 Å². The molecule has 0 radical (unpaired) electrons. The molecular weight excluding hydrogens is 154 g/mol. The second-order valence-electron chi connectivity index (χ2n) is 2.07. The van der Waals surface area contributed by atoms with Crippen molar-refractivity contribution in [2.75, 3.05) is 0 Å². The Morgan fingerprint density at radius 2 is 1.45 bits per heavy atom. The predicted molar refractivity (Wildman–Crippen MR) is 35.1 cm³/mol. The monoisotopic (exact) mass is 162 g/mol. The highest BCUT2D eigenvalue weighted by Gasteiger charge is 2.44. The van der Waals surface area contributed by atoms with Crippen molar-refractivity contribution in [2.45, 2.75) is 18.5 Å². The Bertz CT molecular complexity index is 161. The van der Waals surface area contributed by atoms with E-state index >= 15 is 0 Å². The van der Waals surface area contributed by atoms with Gasteiger partial charge in [-0.05, 0) is 12.2 Å². The highest BCUT2D eigenvalue weighted by molar-refractivity contribution is 5.05. The van der Waals surface area contributed by atoms with Crippen LogP contribution in [0.25, 0.3) is 0 Å². The van der Waals surface area contributed by atoms with Crippen molar-refractivity contribution in [1.82, 2.24) is 0 Å². The van der Waals surface area contributed by atoms with Crippen molar-refractivity contribution in [3.8, 4) is 0 Å². The summed E-state index contributed by atoms with van der Waals surface area (Å²) in [6.07, 6.45) is -1.84. The summed E-state index contributed by atoms with van der Waals surface area (Å²) in [7, 11) is 0. The highest BCUT2D eigenvalue weighted by Crippen LogP contribution is 2.31. The molecule has 0 amide bonds. The fraction of sp³-hybridized carbons (Fsp3) is 0.429. The van der Waals surface area contributed by atoms with Crippen molar-refractivity contribution in [3.63, 3.8) is 0 Å². The molecule has 0 aromatic rings. The molecule has 0 N–H and O–H groups in total. The molecule has 0 bridgehead atoms. The summed E-state index contributed by atoms with van der Waals surface area (Å²) in [6.45, 7) is 6.60. The van der Waals surface area contributed by atoms with E-state index < -0.39 is 18.5 Å². The summed E-state index contributed by atoms with van der Waals surface area (Å²) >= 11 is 0. The molecular formula is C7H8F2O2. The van der Waals surface area contributed by atoms with E-state index in [0.29, 0.717) is 0 Å². The fourth-order valence-corrected chi connectivity index (χ4v) is 0.762. The third-order valence-corrected chi connectivity index (χ3v) is 1.37. The smallest absolute Gasteiger partial charge is 0.258 e. The van der Waals surface area contributed by atoms with Gasteiger partial charge in [-0.3, -0.25) is 0 Å². The molecule has 2 nitrogen and oxygen atoms in total. The standard InChI is InChI=1S/C7H8F2O2/c1-3-7(4-2)10-5(8)6(9)11-7/h3-6H,1-2H2. The van der Waals surface area contributed by atoms with Crippen LogP contribution in [0.4, 0.5) is 8.78 Å². The van der Waals surface area contributed by atoms with Crippen LogP contribution in [0.5, 0.6) is 0 Å². The molecule has 2 unspecified atom stereocenters. The van der Waals surface area contributed by atoms with Gasteiger partial charge in [0.25, 0.3) is 12.7 Å². The number of halogens is 2. The van der Waals surface area contributed by atoms with E-state index in [1.807, 2.05) is 0 Å².